The number of aromatic nitrogens is 1. The number of carbonyl (C=O) groups excluding carboxylic acids is 1. The van der Waals surface area contributed by atoms with Crippen LogP contribution in [0.2, 0.25) is 5.02 Å². The van der Waals surface area contributed by atoms with Crippen LogP contribution in [0.4, 0.5) is 5.69 Å². The summed E-state index contributed by atoms with van der Waals surface area (Å²) in [6.07, 6.45) is 2.94. The average molecular weight is 514 g/mol. The minimum atomic E-state index is -0.385. The van der Waals surface area contributed by atoms with Crippen LogP contribution in [0.1, 0.15) is 11.3 Å². The van der Waals surface area contributed by atoms with Gasteiger partial charge < -0.3 is 14.2 Å². The van der Waals surface area contributed by atoms with E-state index in [1.54, 1.807) is 24.3 Å². The van der Waals surface area contributed by atoms with Gasteiger partial charge in [-0.05, 0) is 91.4 Å². The van der Waals surface area contributed by atoms with Crippen molar-refractivity contribution in [2.75, 3.05) is 5.32 Å². The standard InChI is InChI=1S/C28H20ClN3O3S/c1-17-21(27-30-23-6-2-3-8-25(23)35-27)5-4-7-22(17)31-28(36)32-26(33)16-14-20-13-15-24(34-20)18-9-11-19(29)12-10-18/h2-16H,1H3,(H2,31,32,33,36). The van der Waals surface area contributed by atoms with E-state index in [0.717, 1.165) is 33.5 Å². The Balaban J connectivity index is 1.23. The van der Waals surface area contributed by atoms with Crippen LogP contribution >= 0.6 is 23.8 Å². The smallest absolute Gasteiger partial charge is 0.250 e. The minimum absolute atomic E-state index is 0.170. The van der Waals surface area contributed by atoms with Crippen molar-refractivity contribution in [1.82, 2.24) is 10.3 Å². The molecule has 0 saturated carbocycles. The largest absolute Gasteiger partial charge is 0.457 e. The highest BCUT2D eigenvalue weighted by atomic mass is 35.5. The number of hydrogen-bond donors (Lipinski definition) is 2. The highest BCUT2D eigenvalue weighted by molar-refractivity contribution is 7.80. The Bertz CT molecular complexity index is 1570. The third kappa shape index (κ3) is 5.22. The first-order valence-corrected chi connectivity index (χ1v) is 11.9. The van der Waals surface area contributed by atoms with Gasteiger partial charge in [-0.1, -0.05) is 29.8 Å². The molecule has 2 heterocycles. The first-order valence-electron chi connectivity index (χ1n) is 11.1. The molecule has 0 fully saturated rings. The van der Waals surface area contributed by atoms with Gasteiger partial charge in [-0.15, -0.1) is 0 Å². The summed E-state index contributed by atoms with van der Waals surface area (Å²) < 4.78 is 11.7. The summed E-state index contributed by atoms with van der Waals surface area (Å²) in [6.45, 7) is 1.94. The number of hydrogen-bond acceptors (Lipinski definition) is 5. The minimum Gasteiger partial charge on any atom is -0.457 e. The number of nitrogens with one attached hydrogen (secondary N) is 2. The fourth-order valence-electron chi connectivity index (χ4n) is 3.67. The molecule has 3 aromatic carbocycles. The molecule has 36 heavy (non-hydrogen) atoms. The zero-order valence-corrected chi connectivity index (χ0v) is 20.7. The van der Waals surface area contributed by atoms with Crippen LogP contribution in [0.15, 0.2) is 93.8 Å². The number of nitrogens with zero attached hydrogens (tertiary/aromatic N) is 1. The highest BCUT2D eigenvalue weighted by Crippen LogP contribution is 2.30. The number of furan rings is 1. The topological polar surface area (TPSA) is 80.3 Å². The summed E-state index contributed by atoms with van der Waals surface area (Å²) in [4.78, 5) is 17.0. The van der Waals surface area contributed by atoms with E-state index in [0.29, 0.717) is 22.4 Å². The highest BCUT2D eigenvalue weighted by Gasteiger charge is 2.13. The zero-order valence-electron chi connectivity index (χ0n) is 19.1. The SMILES string of the molecule is Cc1c(NC(=S)NC(=O)C=Cc2ccc(-c3ccc(Cl)cc3)o2)cccc1-c1nc2ccccc2o1. The predicted molar refractivity (Wildman–Crippen MR) is 147 cm³/mol. The Kier molecular flexibility index (Phi) is 6.66. The molecular formula is C28H20ClN3O3S. The fraction of sp³-hybridized carbons (Fsp3) is 0.0357. The number of thiocarbonyl (C=S) groups is 1. The molecule has 5 aromatic rings. The van der Waals surface area contributed by atoms with Gasteiger partial charge >= 0.3 is 0 Å². The molecule has 178 valence electrons. The van der Waals surface area contributed by atoms with Crippen molar-refractivity contribution in [3.63, 3.8) is 0 Å². The molecule has 5 rings (SSSR count). The van der Waals surface area contributed by atoms with Crippen molar-refractivity contribution in [3.8, 4) is 22.8 Å². The average Bonchev–Trinajstić information content (AvgIpc) is 3.52. The monoisotopic (exact) mass is 513 g/mol. The molecule has 0 radical (unpaired) electrons. The number of anilines is 1. The van der Waals surface area contributed by atoms with Crippen LogP contribution in [0, 0.1) is 6.92 Å². The molecule has 2 aromatic heterocycles. The molecule has 8 heteroatoms. The predicted octanol–water partition coefficient (Wildman–Crippen LogP) is 7.24. The lowest BCUT2D eigenvalue weighted by atomic mass is 10.1. The first-order chi connectivity index (χ1) is 17.5. The molecule has 0 saturated heterocycles. The van der Waals surface area contributed by atoms with Crippen molar-refractivity contribution in [1.29, 1.82) is 0 Å². The lowest BCUT2D eigenvalue weighted by molar-refractivity contribution is -0.115. The van der Waals surface area contributed by atoms with E-state index >= 15 is 0 Å². The van der Waals surface area contributed by atoms with Crippen LogP contribution in [0.3, 0.4) is 0 Å². The summed E-state index contributed by atoms with van der Waals surface area (Å²) in [7, 11) is 0. The summed E-state index contributed by atoms with van der Waals surface area (Å²) in [6, 6.07) is 24.2. The molecule has 1 amide bonds. The number of fused-ring (bicyclic) bond motifs is 1. The summed E-state index contributed by atoms with van der Waals surface area (Å²) >= 11 is 11.3. The van der Waals surface area contributed by atoms with E-state index in [2.05, 4.69) is 15.6 Å². The van der Waals surface area contributed by atoms with E-state index < -0.39 is 0 Å². The van der Waals surface area contributed by atoms with Crippen molar-refractivity contribution >= 4 is 57.7 Å². The van der Waals surface area contributed by atoms with Crippen LogP contribution in [0.25, 0.3) is 40.0 Å². The van der Waals surface area contributed by atoms with Gasteiger partial charge in [-0.3, -0.25) is 10.1 Å². The zero-order chi connectivity index (χ0) is 25.1. The second-order valence-electron chi connectivity index (χ2n) is 7.95. The van der Waals surface area contributed by atoms with E-state index in [1.165, 1.54) is 6.08 Å². The molecule has 6 nitrogen and oxygen atoms in total. The van der Waals surface area contributed by atoms with Gasteiger partial charge in [0.05, 0.1) is 0 Å². The normalized spacial score (nSPS) is 11.2. The van der Waals surface area contributed by atoms with Gasteiger partial charge in [-0.25, -0.2) is 4.98 Å². The molecule has 0 aliphatic rings. The summed E-state index contributed by atoms with van der Waals surface area (Å²) in [5.74, 6) is 1.35. The Hall–Kier alpha value is -4.20. The quantitative estimate of drug-likeness (QED) is 0.190. The molecule has 2 N–H and O–H groups in total. The number of carbonyl (C=O) groups is 1. The Labute approximate surface area is 217 Å². The molecule has 0 bridgehead atoms. The van der Waals surface area contributed by atoms with Gasteiger partial charge in [-0.2, -0.15) is 0 Å². The number of oxazole rings is 1. The third-order valence-corrected chi connectivity index (χ3v) is 5.95. The summed E-state index contributed by atoms with van der Waals surface area (Å²) in [5.41, 5.74) is 4.86. The number of halogens is 1. The van der Waals surface area contributed by atoms with E-state index in [4.69, 9.17) is 32.7 Å². The molecule has 0 unspecified atom stereocenters. The molecule has 0 aliphatic carbocycles. The van der Waals surface area contributed by atoms with Crippen LogP contribution in [-0.2, 0) is 4.79 Å². The fourth-order valence-corrected chi connectivity index (χ4v) is 4.00. The van der Waals surface area contributed by atoms with Gasteiger partial charge in [0.25, 0.3) is 0 Å². The number of amides is 1. The second-order valence-corrected chi connectivity index (χ2v) is 8.80. The molecular weight excluding hydrogens is 494 g/mol. The second kappa shape index (κ2) is 10.2. The maximum absolute atomic E-state index is 12.4. The molecule has 0 spiro atoms. The lowest BCUT2D eigenvalue weighted by Gasteiger charge is -2.12. The van der Waals surface area contributed by atoms with E-state index in [1.807, 2.05) is 67.6 Å². The van der Waals surface area contributed by atoms with Gasteiger partial charge in [0.1, 0.15) is 17.0 Å². The van der Waals surface area contributed by atoms with Gasteiger partial charge in [0, 0.05) is 27.9 Å². The van der Waals surface area contributed by atoms with Crippen molar-refractivity contribution < 1.29 is 13.6 Å². The Morgan fingerprint density at radius 2 is 1.78 bits per heavy atom. The van der Waals surface area contributed by atoms with Gasteiger partial charge in [0.15, 0.2) is 10.7 Å². The van der Waals surface area contributed by atoms with Crippen molar-refractivity contribution in [2.45, 2.75) is 6.92 Å². The molecule has 0 aliphatic heterocycles. The van der Waals surface area contributed by atoms with Crippen LogP contribution < -0.4 is 10.6 Å². The van der Waals surface area contributed by atoms with Crippen molar-refractivity contribution in [3.05, 3.63) is 101 Å². The summed E-state index contributed by atoms with van der Waals surface area (Å²) in [5, 5.41) is 6.55. The number of rotatable bonds is 5. The lowest BCUT2D eigenvalue weighted by Crippen LogP contribution is -2.33. The van der Waals surface area contributed by atoms with E-state index in [9.17, 15) is 4.79 Å². The maximum Gasteiger partial charge on any atom is 0.250 e. The van der Waals surface area contributed by atoms with Crippen LogP contribution in [0.5, 0.6) is 0 Å². The maximum atomic E-state index is 12.4. The first kappa shape index (κ1) is 23.5. The number of benzene rings is 3. The Morgan fingerprint density at radius 1 is 0.972 bits per heavy atom. The Morgan fingerprint density at radius 3 is 2.58 bits per heavy atom. The number of para-hydroxylation sites is 2. The third-order valence-electron chi connectivity index (χ3n) is 5.50. The molecule has 0 atom stereocenters. The van der Waals surface area contributed by atoms with Crippen LogP contribution in [-0.4, -0.2) is 16.0 Å². The van der Waals surface area contributed by atoms with Crippen molar-refractivity contribution in [2.24, 2.45) is 0 Å². The van der Waals surface area contributed by atoms with E-state index in [-0.39, 0.29) is 11.0 Å². The van der Waals surface area contributed by atoms with Gasteiger partial charge in [0.2, 0.25) is 11.8 Å².